The number of hydrogen-bond acceptors (Lipinski definition) is 2. The van der Waals surface area contributed by atoms with Gasteiger partial charge in [0.2, 0.25) is 0 Å². The van der Waals surface area contributed by atoms with E-state index in [1.165, 1.54) is 11.1 Å². The lowest BCUT2D eigenvalue weighted by Crippen LogP contribution is -2.39. The van der Waals surface area contributed by atoms with Crippen LogP contribution in [0.25, 0.3) is 0 Å². The average Bonchev–Trinajstić information content (AvgIpc) is 2.97. The third-order valence-electron chi connectivity index (χ3n) is 4.87. The third kappa shape index (κ3) is 3.65. The first kappa shape index (κ1) is 16.6. The molecule has 23 heavy (non-hydrogen) atoms. The Labute approximate surface area is 148 Å². The van der Waals surface area contributed by atoms with Crippen LogP contribution in [0.4, 0.5) is 5.69 Å². The van der Waals surface area contributed by atoms with Crippen molar-refractivity contribution in [3.8, 4) is 0 Å². The van der Waals surface area contributed by atoms with Crippen LogP contribution in [0.1, 0.15) is 17.5 Å². The Balaban J connectivity index is 1.69. The number of hydrogen-bond donors (Lipinski definition) is 1. The number of fused-ring (bicyclic) bond motifs is 1. The standard InChI is InChI=1S/C19H22Cl2N2/c1-23(16-6-7-18(20)19(21)11-16)17(12-22)10-13-8-14-4-2-3-5-15(14)9-13/h2-7,11,13,17H,8-10,12,22H2,1H3. The zero-order valence-corrected chi connectivity index (χ0v) is 14.8. The van der Waals surface area contributed by atoms with Gasteiger partial charge in [0.25, 0.3) is 0 Å². The van der Waals surface area contributed by atoms with E-state index in [0.29, 0.717) is 28.5 Å². The van der Waals surface area contributed by atoms with Crippen LogP contribution in [0.15, 0.2) is 42.5 Å². The van der Waals surface area contributed by atoms with E-state index in [9.17, 15) is 0 Å². The lowest BCUT2D eigenvalue weighted by molar-refractivity contribution is 0.442. The zero-order valence-electron chi connectivity index (χ0n) is 13.3. The Bertz CT molecular complexity index is 662. The molecule has 2 N–H and O–H groups in total. The number of halogens is 2. The summed E-state index contributed by atoms with van der Waals surface area (Å²) in [6.07, 6.45) is 3.39. The van der Waals surface area contributed by atoms with Crippen LogP contribution < -0.4 is 10.6 Å². The number of nitrogens with zero attached hydrogens (tertiary/aromatic N) is 1. The molecular weight excluding hydrogens is 327 g/mol. The summed E-state index contributed by atoms with van der Waals surface area (Å²) in [5.74, 6) is 0.658. The van der Waals surface area contributed by atoms with Crippen molar-refractivity contribution in [1.29, 1.82) is 0 Å². The summed E-state index contributed by atoms with van der Waals surface area (Å²) in [7, 11) is 2.08. The number of likely N-dealkylation sites (N-methyl/N-ethyl adjacent to an activating group) is 1. The van der Waals surface area contributed by atoms with Gasteiger partial charge in [-0.25, -0.2) is 0 Å². The van der Waals surface area contributed by atoms with Gasteiger partial charge in [0.05, 0.1) is 10.0 Å². The largest absolute Gasteiger partial charge is 0.370 e. The maximum atomic E-state index is 6.15. The predicted octanol–water partition coefficient (Wildman–Crippen LogP) is 4.56. The fourth-order valence-corrected chi connectivity index (χ4v) is 3.82. The molecule has 1 aliphatic rings. The first-order valence-corrected chi connectivity index (χ1v) is 8.78. The maximum Gasteiger partial charge on any atom is 0.0612 e. The molecule has 0 heterocycles. The smallest absolute Gasteiger partial charge is 0.0612 e. The van der Waals surface area contributed by atoms with Gasteiger partial charge in [0.1, 0.15) is 0 Å². The third-order valence-corrected chi connectivity index (χ3v) is 5.61. The van der Waals surface area contributed by atoms with Crippen LogP contribution in [-0.2, 0) is 12.8 Å². The number of anilines is 1. The Hall–Kier alpha value is -1.22. The number of nitrogens with two attached hydrogens (primary N) is 1. The van der Waals surface area contributed by atoms with Gasteiger partial charge in [-0.3, -0.25) is 0 Å². The molecule has 0 aliphatic heterocycles. The quantitative estimate of drug-likeness (QED) is 0.857. The van der Waals surface area contributed by atoms with Gasteiger partial charge >= 0.3 is 0 Å². The van der Waals surface area contributed by atoms with E-state index in [4.69, 9.17) is 28.9 Å². The van der Waals surface area contributed by atoms with Crippen molar-refractivity contribution in [2.75, 3.05) is 18.5 Å². The van der Waals surface area contributed by atoms with Crippen molar-refractivity contribution in [3.05, 3.63) is 63.6 Å². The summed E-state index contributed by atoms with van der Waals surface area (Å²) in [5.41, 5.74) is 10.1. The molecule has 2 nitrogen and oxygen atoms in total. The van der Waals surface area contributed by atoms with Crippen molar-refractivity contribution in [2.45, 2.75) is 25.3 Å². The van der Waals surface area contributed by atoms with Gasteiger partial charge in [0, 0.05) is 25.3 Å². The second kappa shape index (κ2) is 7.12. The highest BCUT2D eigenvalue weighted by molar-refractivity contribution is 6.42. The lowest BCUT2D eigenvalue weighted by Gasteiger charge is -2.31. The Kier molecular flexibility index (Phi) is 5.15. The summed E-state index contributed by atoms with van der Waals surface area (Å²) in [6, 6.07) is 14.8. The summed E-state index contributed by atoms with van der Waals surface area (Å²) in [5, 5.41) is 1.17. The van der Waals surface area contributed by atoms with Crippen molar-refractivity contribution >= 4 is 28.9 Å². The molecule has 122 valence electrons. The van der Waals surface area contributed by atoms with E-state index in [2.05, 4.69) is 36.2 Å². The molecule has 0 radical (unpaired) electrons. The van der Waals surface area contributed by atoms with Gasteiger partial charge in [-0.15, -0.1) is 0 Å². The van der Waals surface area contributed by atoms with E-state index in [-0.39, 0.29) is 0 Å². The average molecular weight is 349 g/mol. The Morgan fingerprint density at radius 3 is 2.30 bits per heavy atom. The fraction of sp³-hybridized carbons (Fsp3) is 0.368. The van der Waals surface area contributed by atoms with E-state index in [0.717, 1.165) is 24.9 Å². The molecule has 0 amide bonds. The molecular formula is C19H22Cl2N2. The molecule has 2 aromatic rings. The normalized spacial score (nSPS) is 15.5. The maximum absolute atomic E-state index is 6.15. The van der Waals surface area contributed by atoms with Gasteiger partial charge in [-0.1, -0.05) is 47.5 Å². The highest BCUT2D eigenvalue weighted by Gasteiger charge is 2.25. The highest BCUT2D eigenvalue weighted by Crippen LogP contribution is 2.32. The van der Waals surface area contributed by atoms with Gasteiger partial charge < -0.3 is 10.6 Å². The zero-order chi connectivity index (χ0) is 16.4. The number of benzene rings is 2. The fourth-order valence-electron chi connectivity index (χ4n) is 3.53. The van der Waals surface area contributed by atoms with Crippen LogP contribution in [0.5, 0.6) is 0 Å². The summed E-state index contributed by atoms with van der Waals surface area (Å²) in [4.78, 5) is 2.23. The molecule has 0 spiro atoms. The Morgan fingerprint density at radius 2 is 1.74 bits per heavy atom. The Morgan fingerprint density at radius 1 is 1.09 bits per heavy atom. The van der Waals surface area contributed by atoms with Crippen molar-refractivity contribution in [3.63, 3.8) is 0 Å². The van der Waals surface area contributed by atoms with Gasteiger partial charge in [-0.05, 0) is 54.5 Å². The van der Waals surface area contributed by atoms with Gasteiger partial charge in [-0.2, -0.15) is 0 Å². The summed E-state index contributed by atoms with van der Waals surface area (Å²) >= 11 is 12.2. The van der Waals surface area contributed by atoms with Crippen molar-refractivity contribution in [1.82, 2.24) is 0 Å². The van der Waals surface area contributed by atoms with Crippen molar-refractivity contribution in [2.24, 2.45) is 11.7 Å². The van der Waals surface area contributed by atoms with E-state index in [1.807, 2.05) is 18.2 Å². The molecule has 3 rings (SSSR count). The second-order valence-electron chi connectivity index (χ2n) is 6.38. The SMILES string of the molecule is CN(c1ccc(Cl)c(Cl)c1)C(CN)CC1Cc2ccccc2C1. The highest BCUT2D eigenvalue weighted by atomic mass is 35.5. The van der Waals surface area contributed by atoms with E-state index < -0.39 is 0 Å². The monoisotopic (exact) mass is 348 g/mol. The predicted molar refractivity (Wildman–Crippen MR) is 99.7 cm³/mol. The molecule has 0 bridgehead atoms. The molecule has 1 atom stereocenters. The molecule has 0 saturated carbocycles. The minimum Gasteiger partial charge on any atom is -0.370 e. The van der Waals surface area contributed by atoms with Crippen LogP contribution >= 0.6 is 23.2 Å². The summed E-state index contributed by atoms with van der Waals surface area (Å²) < 4.78 is 0. The molecule has 4 heteroatoms. The van der Waals surface area contributed by atoms with Crippen LogP contribution in [0.2, 0.25) is 10.0 Å². The molecule has 0 aromatic heterocycles. The number of rotatable bonds is 5. The van der Waals surface area contributed by atoms with E-state index in [1.54, 1.807) is 0 Å². The van der Waals surface area contributed by atoms with Gasteiger partial charge in [0.15, 0.2) is 0 Å². The second-order valence-corrected chi connectivity index (χ2v) is 7.19. The van der Waals surface area contributed by atoms with Crippen LogP contribution in [0.3, 0.4) is 0 Å². The molecule has 0 fully saturated rings. The minimum absolute atomic E-state index is 0.298. The lowest BCUT2D eigenvalue weighted by atomic mass is 9.96. The molecule has 1 unspecified atom stereocenters. The molecule has 2 aromatic carbocycles. The molecule has 0 saturated heterocycles. The first-order valence-electron chi connectivity index (χ1n) is 8.03. The summed E-state index contributed by atoms with van der Waals surface area (Å²) in [6.45, 7) is 0.629. The van der Waals surface area contributed by atoms with Crippen LogP contribution in [-0.4, -0.2) is 19.6 Å². The minimum atomic E-state index is 0.298. The van der Waals surface area contributed by atoms with Crippen molar-refractivity contribution < 1.29 is 0 Å². The van der Waals surface area contributed by atoms with Crippen LogP contribution in [0, 0.1) is 5.92 Å². The molecule has 1 aliphatic carbocycles. The topological polar surface area (TPSA) is 29.3 Å². The first-order chi connectivity index (χ1) is 11.1. The van der Waals surface area contributed by atoms with E-state index >= 15 is 0 Å².